The molecule has 2 aromatic rings. The molecule has 2 bridgehead atoms. The molecule has 1 amide bonds. The Morgan fingerprint density at radius 2 is 1.92 bits per heavy atom. The van der Waals surface area contributed by atoms with Crippen LogP contribution in [0.5, 0.6) is 5.75 Å². The molecule has 2 aromatic carbocycles. The summed E-state index contributed by atoms with van der Waals surface area (Å²) < 4.78 is 0. The Labute approximate surface area is 220 Å². The molecule has 4 atom stereocenters. The lowest BCUT2D eigenvalue weighted by atomic mass is 9.48. The van der Waals surface area contributed by atoms with Crippen molar-refractivity contribution >= 4 is 5.91 Å². The lowest BCUT2D eigenvalue weighted by Crippen LogP contribution is -2.74. The second-order valence-electron chi connectivity index (χ2n) is 12.1. The molecule has 194 valence electrons. The first kappa shape index (κ1) is 24.5. The van der Waals surface area contributed by atoms with Crippen molar-refractivity contribution in [3.05, 3.63) is 64.2 Å². The van der Waals surface area contributed by atoms with E-state index in [0.29, 0.717) is 12.8 Å². The average molecular weight is 499 g/mol. The lowest BCUT2D eigenvalue weighted by Gasteiger charge is -2.65. The van der Waals surface area contributed by atoms with Crippen molar-refractivity contribution in [3.63, 3.8) is 0 Å². The molecule has 0 aromatic heterocycles. The summed E-state index contributed by atoms with van der Waals surface area (Å²) in [5, 5.41) is 22.9. The molecule has 3 aliphatic carbocycles. The van der Waals surface area contributed by atoms with Gasteiger partial charge in [0.15, 0.2) is 0 Å². The third kappa shape index (κ3) is 4.06. The van der Waals surface area contributed by atoms with E-state index in [-0.39, 0.29) is 23.7 Å². The predicted octanol–water partition coefficient (Wildman–Crippen LogP) is 4.08. The van der Waals surface area contributed by atoms with Crippen LogP contribution in [-0.2, 0) is 16.6 Å². The van der Waals surface area contributed by atoms with Crippen LogP contribution in [0.1, 0.15) is 66.3 Å². The highest BCUT2D eigenvalue weighted by molar-refractivity contribution is 5.94. The Hall–Kier alpha value is -2.81. The number of aliphatic hydroxyl groups is 1. The molecule has 1 aliphatic heterocycles. The number of rotatable bonds is 3. The Bertz CT molecular complexity index is 1300. The zero-order valence-corrected chi connectivity index (χ0v) is 22.3. The van der Waals surface area contributed by atoms with Crippen LogP contribution in [-0.4, -0.2) is 63.7 Å². The summed E-state index contributed by atoms with van der Waals surface area (Å²) in [6, 6.07) is 11.8. The van der Waals surface area contributed by atoms with Crippen molar-refractivity contribution in [2.75, 3.05) is 20.1 Å². The third-order valence-electron chi connectivity index (χ3n) is 9.99. The van der Waals surface area contributed by atoms with E-state index in [9.17, 15) is 15.0 Å². The zero-order valence-electron chi connectivity index (χ0n) is 22.3. The van der Waals surface area contributed by atoms with Crippen LogP contribution in [0.2, 0.25) is 0 Å². The number of carbonyl (C=O) groups excluding carboxylic acids is 1. The van der Waals surface area contributed by atoms with Crippen molar-refractivity contribution in [3.8, 4) is 17.6 Å². The number of piperidine rings is 1. The maximum absolute atomic E-state index is 13.2. The van der Waals surface area contributed by atoms with Gasteiger partial charge in [0.1, 0.15) is 5.75 Å². The van der Waals surface area contributed by atoms with E-state index < -0.39 is 11.0 Å². The molecule has 1 saturated heterocycles. The van der Waals surface area contributed by atoms with Crippen LogP contribution in [0.4, 0.5) is 0 Å². The van der Waals surface area contributed by atoms with Gasteiger partial charge in [-0.25, -0.2) is 0 Å². The van der Waals surface area contributed by atoms with Gasteiger partial charge in [0.25, 0.3) is 5.91 Å². The number of carbonyl (C=O) groups is 1. The molecule has 37 heavy (non-hydrogen) atoms. The number of benzene rings is 2. The highest BCUT2D eigenvalue weighted by Gasteiger charge is 2.65. The quantitative estimate of drug-likeness (QED) is 0.626. The number of aromatic hydroxyl groups is 1. The third-order valence-corrected chi connectivity index (χ3v) is 9.99. The summed E-state index contributed by atoms with van der Waals surface area (Å²) in [5.41, 5.74) is 4.23. The minimum Gasteiger partial charge on any atom is -0.508 e. The van der Waals surface area contributed by atoms with Gasteiger partial charge in [-0.3, -0.25) is 9.69 Å². The van der Waals surface area contributed by atoms with Gasteiger partial charge in [0, 0.05) is 42.6 Å². The van der Waals surface area contributed by atoms with E-state index in [1.807, 2.05) is 37.4 Å². The maximum Gasteiger partial charge on any atom is 0.298 e. The van der Waals surface area contributed by atoms with Crippen LogP contribution in [0.25, 0.3) is 0 Å². The minimum absolute atomic E-state index is 0.00856. The molecule has 4 aliphatic rings. The molecule has 5 heteroatoms. The molecule has 0 spiro atoms. The van der Waals surface area contributed by atoms with Crippen molar-refractivity contribution in [2.45, 2.75) is 81.9 Å². The lowest BCUT2D eigenvalue weighted by molar-refractivity contribution is -0.177. The monoisotopic (exact) mass is 498 g/mol. The first-order valence-electron chi connectivity index (χ1n) is 13.8. The van der Waals surface area contributed by atoms with Gasteiger partial charge in [0.2, 0.25) is 0 Å². The number of fused-ring (bicyclic) bond motifs is 1. The molecule has 0 unspecified atom stereocenters. The van der Waals surface area contributed by atoms with Crippen molar-refractivity contribution in [1.82, 2.24) is 9.80 Å². The van der Waals surface area contributed by atoms with E-state index in [1.165, 1.54) is 29.5 Å². The van der Waals surface area contributed by atoms with Gasteiger partial charge in [0.05, 0.1) is 5.60 Å². The summed E-state index contributed by atoms with van der Waals surface area (Å²) in [5.74, 6) is 6.77. The number of nitrogens with zero attached hydrogens (tertiary/aromatic N) is 2. The number of phenols is 1. The smallest absolute Gasteiger partial charge is 0.298 e. The number of hydrogen-bond acceptors (Lipinski definition) is 4. The second kappa shape index (κ2) is 8.89. The van der Waals surface area contributed by atoms with Crippen LogP contribution in [0.15, 0.2) is 36.4 Å². The molecule has 2 saturated carbocycles. The normalized spacial score (nSPS) is 30.5. The SMILES string of the molecule is Cc1ccc(C#CC(=O)N(C)[C@H]2CC[C@@]3(O)[C@H]4Cc5ccc(O)cc5[C@@]3(CCN4CC3CC3)C2)cc1C. The Kier molecular flexibility index (Phi) is 5.89. The molecule has 0 radical (unpaired) electrons. The van der Waals surface area contributed by atoms with E-state index in [0.717, 1.165) is 49.4 Å². The second-order valence-corrected chi connectivity index (χ2v) is 12.1. The fourth-order valence-corrected chi connectivity index (χ4v) is 7.46. The summed E-state index contributed by atoms with van der Waals surface area (Å²) >= 11 is 0. The Morgan fingerprint density at radius 3 is 2.68 bits per heavy atom. The van der Waals surface area contributed by atoms with Crippen LogP contribution >= 0.6 is 0 Å². The van der Waals surface area contributed by atoms with Crippen LogP contribution < -0.4 is 0 Å². The van der Waals surface area contributed by atoms with Crippen LogP contribution in [0, 0.1) is 31.6 Å². The summed E-state index contributed by atoms with van der Waals surface area (Å²) in [6.07, 6.45) is 6.37. The highest BCUT2D eigenvalue weighted by atomic mass is 16.3. The van der Waals surface area contributed by atoms with E-state index in [1.54, 1.807) is 11.0 Å². The minimum atomic E-state index is -0.855. The van der Waals surface area contributed by atoms with Crippen molar-refractivity contribution in [1.29, 1.82) is 0 Å². The molecule has 6 rings (SSSR count). The number of amides is 1. The van der Waals surface area contributed by atoms with Gasteiger partial charge in [-0.1, -0.05) is 18.1 Å². The largest absolute Gasteiger partial charge is 0.508 e. The molecular formula is C32H38N2O3. The zero-order chi connectivity index (χ0) is 25.9. The van der Waals surface area contributed by atoms with Crippen LogP contribution in [0.3, 0.4) is 0 Å². The Morgan fingerprint density at radius 1 is 1.11 bits per heavy atom. The van der Waals surface area contributed by atoms with Gasteiger partial charge < -0.3 is 15.1 Å². The van der Waals surface area contributed by atoms with Crippen molar-refractivity contribution in [2.24, 2.45) is 5.92 Å². The van der Waals surface area contributed by atoms with Gasteiger partial charge in [-0.05, 0) is 118 Å². The molecule has 3 fully saturated rings. The number of aryl methyl sites for hydroxylation is 2. The van der Waals surface area contributed by atoms with E-state index >= 15 is 0 Å². The topological polar surface area (TPSA) is 64.0 Å². The van der Waals surface area contributed by atoms with Gasteiger partial charge in [-0.15, -0.1) is 0 Å². The molecular weight excluding hydrogens is 460 g/mol. The molecule has 5 nitrogen and oxygen atoms in total. The summed E-state index contributed by atoms with van der Waals surface area (Å²) in [4.78, 5) is 17.5. The number of phenolic OH excluding ortho intramolecular Hbond substituents is 1. The van der Waals surface area contributed by atoms with Crippen molar-refractivity contribution < 1.29 is 15.0 Å². The fraction of sp³-hybridized carbons (Fsp3) is 0.531. The average Bonchev–Trinajstić information content (AvgIpc) is 3.70. The summed E-state index contributed by atoms with van der Waals surface area (Å²) in [7, 11) is 1.86. The number of hydrogen-bond donors (Lipinski definition) is 2. The van der Waals surface area contributed by atoms with E-state index in [4.69, 9.17) is 0 Å². The fourth-order valence-electron chi connectivity index (χ4n) is 7.46. The standard InChI is InChI=1S/C32H38N2O3/c1-21-4-5-23(16-22(21)2)8-11-30(36)33(3)26-12-13-32(37)29-17-25-9-10-27(35)18-28(25)31(32,19-26)14-15-34(29)20-24-6-7-24/h4-5,9-10,16,18,24,26,29,35,37H,6-7,12-15,17,19-20H2,1-3H3/t26-,29+,31+,32+/m0/s1. The highest BCUT2D eigenvalue weighted by Crippen LogP contribution is 2.59. The molecule has 1 heterocycles. The number of likely N-dealkylation sites (tertiary alicyclic amines) is 1. The maximum atomic E-state index is 13.2. The molecule has 2 N–H and O–H groups in total. The Balaban J connectivity index is 1.30. The van der Waals surface area contributed by atoms with Gasteiger partial charge in [-0.2, -0.15) is 0 Å². The van der Waals surface area contributed by atoms with Gasteiger partial charge >= 0.3 is 0 Å². The first-order valence-corrected chi connectivity index (χ1v) is 13.8. The summed E-state index contributed by atoms with van der Waals surface area (Å²) in [6.45, 7) is 6.15. The predicted molar refractivity (Wildman–Crippen MR) is 144 cm³/mol. The van der Waals surface area contributed by atoms with E-state index in [2.05, 4.69) is 30.6 Å². The first-order chi connectivity index (χ1) is 17.7.